The number of rotatable bonds is 9. The maximum Gasteiger partial charge on any atom is 0.346 e. The van der Waals surface area contributed by atoms with E-state index in [9.17, 15) is 4.79 Å². The highest BCUT2D eigenvalue weighted by molar-refractivity contribution is 6.09. The zero-order valence-corrected chi connectivity index (χ0v) is 19.4. The number of nitriles is 1. The third kappa shape index (κ3) is 4.94. The van der Waals surface area contributed by atoms with Crippen molar-refractivity contribution >= 4 is 33.9 Å². The lowest BCUT2D eigenvalue weighted by atomic mass is 10.1. The number of carboxylic acids is 1. The number of aromatic nitrogens is 1. The number of para-hydroxylation sites is 1. The first kappa shape index (κ1) is 23.1. The predicted octanol–water partition coefficient (Wildman–Crippen LogP) is 7.45. The first-order chi connectivity index (χ1) is 16.6. The number of aryl methyl sites for hydroxylation is 1. The number of carbonyl (C=O) groups is 1. The molecule has 0 atom stereocenters. The second-order valence-electron chi connectivity index (χ2n) is 8.46. The van der Waals surface area contributed by atoms with Gasteiger partial charge in [-0.15, -0.1) is 0 Å². The number of unbranched alkanes of at least 4 members (excludes halogenated alkanes) is 3. The van der Waals surface area contributed by atoms with Crippen LogP contribution in [0, 0.1) is 11.3 Å². The van der Waals surface area contributed by atoms with Gasteiger partial charge < -0.3 is 9.67 Å². The van der Waals surface area contributed by atoms with Gasteiger partial charge in [-0.25, -0.2) is 4.79 Å². The van der Waals surface area contributed by atoms with Gasteiger partial charge in [0.15, 0.2) is 0 Å². The first-order valence-electron chi connectivity index (χ1n) is 11.8. The molecule has 0 saturated carbocycles. The normalized spacial score (nSPS) is 11.9. The van der Waals surface area contributed by atoms with Gasteiger partial charge in [0, 0.05) is 16.5 Å². The maximum absolute atomic E-state index is 11.0. The molecule has 0 saturated heterocycles. The van der Waals surface area contributed by atoms with Crippen molar-refractivity contribution in [1.29, 1.82) is 5.26 Å². The molecule has 170 valence electrons. The van der Waals surface area contributed by atoms with Crippen LogP contribution in [-0.4, -0.2) is 15.6 Å². The van der Waals surface area contributed by atoms with Gasteiger partial charge in [-0.1, -0.05) is 74.7 Å². The van der Waals surface area contributed by atoms with Gasteiger partial charge >= 0.3 is 5.97 Å². The van der Waals surface area contributed by atoms with Crippen molar-refractivity contribution in [1.82, 2.24) is 4.57 Å². The predicted molar refractivity (Wildman–Crippen MR) is 139 cm³/mol. The summed E-state index contributed by atoms with van der Waals surface area (Å²) in [4.78, 5) is 11.0. The molecule has 0 bridgehead atoms. The van der Waals surface area contributed by atoms with Gasteiger partial charge in [-0.05, 0) is 60.4 Å². The summed E-state index contributed by atoms with van der Waals surface area (Å²) in [5.41, 5.74) is 5.42. The second kappa shape index (κ2) is 10.7. The Morgan fingerprint density at radius 2 is 1.74 bits per heavy atom. The minimum atomic E-state index is -1.22. The Balaban J connectivity index is 1.69. The topological polar surface area (TPSA) is 66.0 Å². The van der Waals surface area contributed by atoms with Gasteiger partial charge in [0.05, 0.1) is 11.0 Å². The average Bonchev–Trinajstić information content (AvgIpc) is 3.18. The minimum absolute atomic E-state index is 0.289. The van der Waals surface area contributed by atoms with Crippen LogP contribution in [0.4, 0.5) is 0 Å². The molecule has 4 nitrogen and oxygen atoms in total. The van der Waals surface area contributed by atoms with E-state index in [0.29, 0.717) is 0 Å². The van der Waals surface area contributed by atoms with Crippen LogP contribution in [0.15, 0.2) is 84.5 Å². The second-order valence-corrected chi connectivity index (χ2v) is 8.46. The van der Waals surface area contributed by atoms with E-state index in [1.807, 2.05) is 18.2 Å². The van der Waals surface area contributed by atoms with Crippen LogP contribution in [0.2, 0.25) is 0 Å². The van der Waals surface area contributed by atoms with Gasteiger partial charge in [0.25, 0.3) is 0 Å². The summed E-state index contributed by atoms with van der Waals surface area (Å²) in [7, 11) is 0. The summed E-state index contributed by atoms with van der Waals surface area (Å²) >= 11 is 0. The molecule has 0 aliphatic rings. The van der Waals surface area contributed by atoms with Crippen LogP contribution in [0.1, 0.15) is 43.7 Å². The fraction of sp³-hybridized carbons (Fsp3) is 0.200. The van der Waals surface area contributed by atoms with Gasteiger partial charge in [-0.2, -0.15) is 5.26 Å². The summed E-state index contributed by atoms with van der Waals surface area (Å²) < 4.78 is 2.29. The molecule has 0 spiro atoms. The maximum atomic E-state index is 11.0. The molecule has 4 aromatic rings. The molecular weight excluding hydrogens is 420 g/mol. The van der Waals surface area contributed by atoms with E-state index in [1.165, 1.54) is 37.3 Å². The largest absolute Gasteiger partial charge is 0.477 e. The summed E-state index contributed by atoms with van der Waals surface area (Å²) in [6.45, 7) is 2.24. The molecule has 1 heterocycles. The Hall–Kier alpha value is -4.10. The SMILES string of the molecule is CCCCCCc1ccc(-n2c3ccccc3c3cc(/C=C/C=C(\C#N)C(=O)O)ccc32)cc1. The van der Waals surface area contributed by atoms with E-state index in [4.69, 9.17) is 10.4 Å². The van der Waals surface area contributed by atoms with Crippen molar-refractivity contribution in [3.8, 4) is 11.8 Å². The lowest BCUT2D eigenvalue weighted by Crippen LogP contribution is -1.96. The van der Waals surface area contributed by atoms with Crippen LogP contribution >= 0.6 is 0 Å². The Bertz CT molecular complexity index is 1420. The molecule has 0 unspecified atom stereocenters. The van der Waals surface area contributed by atoms with Crippen LogP contribution in [0.25, 0.3) is 33.6 Å². The molecule has 4 heteroatoms. The lowest BCUT2D eigenvalue weighted by molar-refractivity contribution is -0.132. The van der Waals surface area contributed by atoms with E-state index >= 15 is 0 Å². The van der Waals surface area contributed by atoms with Crippen molar-refractivity contribution in [2.45, 2.75) is 39.0 Å². The van der Waals surface area contributed by atoms with Crippen molar-refractivity contribution < 1.29 is 9.90 Å². The van der Waals surface area contributed by atoms with Crippen molar-refractivity contribution in [2.75, 3.05) is 0 Å². The zero-order chi connectivity index (χ0) is 23.9. The van der Waals surface area contributed by atoms with E-state index in [-0.39, 0.29) is 5.57 Å². The monoisotopic (exact) mass is 448 g/mol. The number of hydrogen-bond donors (Lipinski definition) is 1. The number of carboxylic acid groups (broad SMARTS) is 1. The molecule has 34 heavy (non-hydrogen) atoms. The Morgan fingerprint density at radius 1 is 0.971 bits per heavy atom. The number of allylic oxidation sites excluding steroid dienone is 2. The summed E-state index contributed by atoms with van der Waals surface area (Å²) in [6, 6.07) is 25.1. The van der Waals surface area contributed by atoms with Gasteiger partial charge in [0.1, 0.15) is 11.6 Å². The average molecular weight is 449 g/mol. The fourth-order valence-electron chi connectivity index (χ4n) is 4.35. The Morgan fingerprint density at radius 3 is 2.47 bits per heavy atom. The summed E-state index contributed by atoms with van der Waals surface area (Å²) in [5.74, 6) is -1.22. The third-order valence-electron chi connectivity index (χ3n) is 6.11. The highest BCUT2D eigenvalue weighted by atomic mass is 16.4. The Labute approximate surface area is 200 Å². The number of fused-ring (bicyclic) bond motifs is 3. The minimum Gasteiger partial charge on any atom is -0.477 e. The highest BCUT2D eigenvalue weighted by Gasteiger charge is 2.12. The highest BCUT2D eigenvalue weighted by Crippen LogP contribution is 2.33. The number of benzene rings is 3. The van der Waals surface area contributed by atoms with Crippen LogP contribution < -0.4 is 0 Å². The molecule has 1 N–H and O–H groups in total. The molecule has 0 aliphatic heterocycles. The quantitative estimate of drug-likeness (QED) is 0.125. The van der Waals surface area contributed by atoms with E-state index in [2.05, 4.69) is 66.1 Å². The van der Waals surface area contributed by atoms with Crippen molar-refractivity contribution in [3.63, 3.8) is 0 Å². The smallest absolute Gasteiger partial charge is 0.346 e. The van der Waals surface area contributed by atoms with Gasteiger partial charge in [0.2, 0.25) is 0 Å². The van der Waals surface area contributed by atoms with Crippen LogP contribution in [-0.2, 0) is 11.2 Å². The number of aliphatic carboxylic acids is 1. The van der Waals surface area contributed by atoms with Crippen molar-refractivity contribution in [2.24, 2.45) is 0 Å². The standard InChI is InChI=1S/C30H28N2O2/c1-2-3-4-5-9-22-14-17-25(18-15-22)32-28-13-7-6-12-26(28)27-20-23(16-19-29(27)32)10-8-11-24(21-31)30(33)34/h6-8,10-20H,2-5,9H2,1H3,(H,33,34)/b10-8+,24-11+. The molecule has 1 aromatic heterocycles. The molecule has 0 aliphatic carbocycles. The molecule has 0 amide bonds. The molecular formula is C30H28N2O2. The first-order valence-corrected chi connectivity index (χ1v) is 11.8. The Kier molecular flexibility index (Phi) is 7.25. The zero-order valence-electron chi connectivity index (χ0n) is 19.4. The molecule has 0 fully saturated rings. The van der Waals surface area contributed by atoms with E-state index in [0.717, 1.165) is 39.5 Å². The molecule has 3 aromatic carbocycles. The lowest BCUT2D eigenvalue weighted by Gasteiger charge is -2.09. The summed E-state index contributed by atoms with van der Waals surface area (Å²) in [5, 5.41) is 20.2. The fourth-order valence-corrected chi connectivity index (χ4v) is 4.35. The number of nitrogens with zero attached hydrogens (tertiary/aromatic N) is 2. The third-order valence-corrected chi connectivity index (χ3v) is 6.11. The van der Waals surface area contributed by atoms with Crippen LogP contribution in [0.5, 0.6) is 0 Å². The van der Waals surface area contributed by atoms with Gasteiger partial charge in [-0.3, -0.25) is 0 Å². The summed E-state index contributed by atoms with van der Waals surface area (Å²) in [6.07, 6.45) is 10.9. The van der Waals surface area contributed by atoms with E-state index in [1.54, 1.807) is 12.1 Å². The molecule has 4 rings (SSSR count). The number of hydrogen-bond acceptors (Lipinski definition) is 2. The molecule has 0 radical (unpaired) electrons. The van der Waals surface area contributed by atoms with Crippen LogP contribution in [0.3, 0.4) is 0 Å². The van der Waals surface area contributed by atoms with Crippen molar-refractivity contribution in [3.05, 3.63) is 95.6 Å². The van der Waals surface area contributed by atoms with E-state index < -0.39 is 5.97 Å².